The van der Waals surface area contributed by atoms with Crippen molar-refractivity contribution in [1.82, 2.24) is 14.9 Å². The van der Waals surface area contributed by atoms with E-state index in [0.29, 0.717) is 12.2 Å². The Bertz CT molecular complexity index is 939. The Hall–Kier alpha value is -2.94. The lowest BCUT2D eigenvalue weighted by atomic mass is 10.1. The Balaban J connectivity index is 1.90. The van der Waals surface area contributed by atoms with E-state index < -0.39 is 28.6 Å². The van der Waals surface area contributed by atoms with Gasteiger partial charge in [0.15, 0.2) is 5.69 Å². The Morgan fingerprint density at radius 3 is 2.92 bits per heavy atom. The van der Waals surface area contributed by atoms with Gasteiger partial charge in [-0.25, -0.2) is 9.37 Å². The quantitative estimate of drug-likeness (QED) is 0.697. The van der Waals surface area contributed by atoms with Crippen LogP contribution in [-0.4, -0.2) is 27.2 Å². The van der Waals surface area contributed by atoms with Crippen molar-refractivity contribution in [2.75, 3.05) is 12.3 Å². The summed E-state index contributed by atoms with van der Waals surface area (Å²) in [5, 5.41) is 12.6. The molecule has 0 radical (unpaired) electrons. The number of rotatable bonds is 3. The van der Waals surface area contributed by atoms with E-state index in [1.807, 2.05) is 0 Å². The maximum absolute atomic E-state index is 13.1. The molecule has 0 aliphatic carbocycles. The molecule has 0 bridgehead atoms. The predicted octanol–water partition coefficient (Wildman–Crippen LogP) is 0.865. The van der Waals surface area contributed by atoms with Crippen LogP contribution < -0.4 is 16.6 Å². The minimum absolute atomic E-state index is 0.00955. The fourth-order valence-corrected chi connectivity index (χ4v) is 2.81. The van der Waals surface area contributed by atoms with Crippen molar-refractivity contribution in [2.45, 2.75) is 32.5 Å². The van der Waals surface area contributed by atoms with Gasteiger partial charge in [-0.15, -0.1) is 0 Å². The first-order valence-corrected chi connectivity index (χ1v) is 8.01. The minimum Gasteiger partial charge on any atom is -0.501 e. The number of amides is 1. The van der Waals surface area contributed by atoms with Crippen molar-refractivity contribution in [3.8, 4) is 5.75 Å². The van der Waals surface area contributed by atoms with E-state index in [4.69, 9.17) is 10.5 Å². The SMILES string of the molecule is CC1(C)OCCn2c1nc(C(=O)NCc1ccc(F)cc1N)c(O)c2=O. The highest BCUT2D eigenvalue weighted by Crippen LogP contribution is 2.27. The number of anilines is 1. The average Bonchev–Trinajstić information content (AvgIpc) is 2.57. The van der Waals surface area contributed by atoms with Crippen LogP contribution in [0.5, 0.6) is 5.75 Å². The molecule has 1 aromatic heterocycles. The van der Waals surface area contributed by atoms with Crippen LogP contribution in [0.4, 0.5) is 10.1 Å². The lowest BCUT2D eigenvalue weighted by Crippen LogP contribution is -2.42. The topological polar surface area (TPSA) is 119 Å². The molecule has 3 rings (SSSR count). The summed E-state index contributed by atoms with van der Waals surface area (Å²) in [7, 11) is 0. The summed E-state index contributed by atoms with van der Waals surface area (Å²) in [5.41, 5.74) is 4.42. The summed E-state index contributed by atoms with van der Waals surface area (Å²) in [6, 6.07) is 3.80. The molecule has 0 atom stereocenters. The Morgan fingerprint density at radius 2 is 2.23 bits per heavy atom. The summed E-state index contributed by atoms with van der Waals surface area (Å²) >= 11 is 0. The summed E-state index contributed by atoms with van der Waals surface area (Å²) in [4.78, 5) is 29.0. The van der Waals surface area contributed by atoms with E-state index in [1.54, 1.807) is 13.8 Å². The second-order valence-electron chi connectivity index (χ2n) is 6.47. The normalized spacial score (nSPS) is 15.3. The van der Waals surface area contributed by atoms with Crippen LogP contribution in [0.15, 0.2) is 23.0 Å². The van der Waals surface area contributed by atoms with E-state index in [0.717, 1.165) is 6.07 Å². The van der Waals surface area contributed by atoms with Crippen LogP contribution in [0.25, 0.3) is 0 Å². The number of nitrogens with zero attached hydrogens (tertiary/aromatic N) is 2. The predicted molar refractivity (Wildman–Crippen MR) is 91.1 cm³/mol. The number of ether oxygens (including phenoxy) is 1. The van der Waals surface area contributed by atoms with E-state index in [1.165, 1.54) is 16.7 Å². The van der Waals surface area contributed by atoms with E-state index in [2.05, 4.69) is 10.3 Å². The molecule has 1 aromatic carbocycles. The van der Waals surface area contributed by atoms with Gasteiger partial charge in [0.05, 0.1) is 13.2 Å². The lowest BCUT2D eigenvalue weighted by molar-refractivity contribution is -0.0566. The Morgan fingerprint density at radius 1 is 1.50 bits per heavy atom. The molecular formula is C17H19FN4O4. The van der Waals surface area contributed by atoms with E-state index in [9.17, 15) is 19.1 Å². The van der Waals surface area contributed by atoms with Crippen molar-refractivity contribution in [3.63, 3.8) is 0 Å². The molecule has 1 aliphatic rings. The second kappa shape index (κ2) is 6.41. The van der Waals surface area contributed by atoms with Crippen molar-refractivity contribution >= 4 is 11.6 Å². The third-order valence-corrected chi connectivity index (χ3v) is 4.22. The van der Waals surface area contributed by atoms with E-state index >= 15 is 0 Å². The van der Waals surface area contributed by atoms with Crippen LogP contribution in [0.1, 0.15) is 35.7 Å². The monoisotopic (exact) mass is 362 g/mol. The number of fused-ring (bicyclic) bond motifs is 1. The highest BCUT2D eigenvalue weighted by Gasteiger charge is 2.34. The number of hydrogen-bond acceptors (Lipinski definition) is 6. The van der Waals surface area contributed by atoms with Crippen molar-refractivity contribution in [3.05, 3.63) is 51.5 Å². The Kier molecular flexibility index (Phi) is 4.41. The second-order valence-corrected chi connectivity index (χ2v) is 6.47. The minimum atomic E-state index is -0.873. The van der Waals surface area contributed by atoms with Gasteiger partial charge in [0.1, 0.15) is 17.2 Å². The fraction of sp³-hybridized carbons (Fsp3) is 0.353. The van der Waals surface area contributed by atoms with Crippen LogP contribution >= 0.6 is 0 Å². The van der Waals surface area contributed by atoms with Crippen molar-refractivity contribution in [1.29, 1.82) is 0 Å². The molecule has 1 amide bonds. The van der Waals surface area contributed by atoms with Gasteiger partial charge >= 0.3 is 0 Å². The first kappa shape index (κ1) is 17.9. The van der Waals surface area contributed by atoms with Gasteiger partial charge in [0, 0.05) is 12.2 Å². The highest BCUT2D eigenvalue weighted by atomic mass is 19.1. The first-order chi connectivity index (χ1) is 12.2. The number of nitrogens with two attached hydrogens (primary N) is 1. The number of halogens is 1. The number of nitrogens with one attached hydrogen (secondary N) is 1. The number of nitrogen functional groups attached to an aromatic ring is 1. The number of carbonyl (C=O) groups is 1. The van der Waals surface area contributed by atoms with Crippen LogP contribution in [0, 0.1) is 5.82 Å². The average molecular weight is 362 g/mol. The van der Waals surface area contributed by atoms with Crippen molar-refractivity contribution < 1.29 is 19.0 Å². The van der Waals surface area contributed by atoms with Gasteiger partial charge in [-0.05, 0) is 31.5 Å². The maximum Gasteiger partial charge on any atom is 0.296 e. The fourth-order valence-electron chi connectivity index (χ4n) is 2.81. The van der Waals surface area contributed by atoms with Crippen LogP contribution in [0.2, 0.25) is 0 Å². The van der Waals surface area contributed by atoms with Gasteiger partial charge in [-0.3, -0.25) is 14.2 Å². The van der Waals surface area contributed by atoms with Gasteiger partial charge in [-0.1, -0.05) is 6.07 Å². The number of carbonyl (C=O) groups excluding carboxylic acids is 1. The molecule has 2 aromatic rings. The molecule has 0 spiro atoms. The number of aromatic nitrogens is 2. The summed E-state index contributed by atoms with van der Waals surface area (Å²) in [6.07, 6.45) is 0. The molecule has 138 valence electrons. The van der Waals surface area contributed by atoms with Gasteiger partial charge < -0.3 is 20.9 Å². The third kappa shape index (κ3) is 3.13. The zero-order valence-corrected chi connectivity index (χ0v) is 14.4. The molecule has 4 N–H and O–H groups in total. The van der Waals surface area contributed by atoms with Gasteiger partial charge in [-0.2, -0.15) is 0 Å². The molecule has 0 saturated carbocycles. The maximum atomic E-state index is 13.1. The number of hydrogen-bond donors (Lipinski definition) is 3. The summed E-state index contributed by atoms with van der Waals surface area (Å²) in [5.74, 6) is -1.69. The largest absolute Gasteiger partial charge is 0.501 e. The lowest BCUT2D eigenvalue weighted by Gasteiger charge is -2.32. The molecule has 0 unspecified atom stereocenters. The standard InChI is InChI=1S/C17H19FN4O4/c1-17(2)16-21-12(13(23)15(25)22(16)5-6-26-17)14(24)20-8-9-3-4-10(18)7-11(9)19/h3-4,7,23H,5-6,8,19H2,1-2H3,(H,20,24). The number of benzene rings is 1. The van der Waals surface area contributed by atoms with Crippen LogP contribution in [0.3, 0.4) is 0 Å². The third-order valence-electron chi connectivity index (χ3n) is 4.22. The molecule has 26 heavy (non-hydrogen) atoms. The summed E-state index contributed by atoms with van der Waals surface area (Å²) < 4.78 is 20.0. The number of aromatic hydroxyl groups is 1. The van der Waals surface area contributed by atoms with Gasteiger partial charge in [0.2, 0.25) is 5.75 Å². The Labute approximate surface area is 148 Å². The molecule has 0 saturated heterocycles. The molecule has 8 nitrogen and oxygen atoms in total. The van der Waals surface area contributed by atoms with Gasteiger partial charge in [0.25, 0.3) is 11.5 Å². The molecule has 0 fully saturated rings. The molecular weight excluding hydrogens is 343 g/mol. The van der Waals surface area contributed by atoms with E-state index in [-0.39, 0.29) is 30.3 Å². The zero-order valence-electron chi connectivity index (χ0n) is 14.4. The summed E-state index contributed by atoms with van der Waals surface area (Å²) in [6.45, 7) is 3.98. The molecule has 9 heteroatoms. The zero-order chi connectivity index (χ0) is 19.1. The van der Waals surface area contributed by atoms with Crippen molar-refractivity contribution in [2.24, 2.45) is 0 Å². The van der Waals surface area contributed by atoms with Crippen LogP contribution in [-0.2, 0) is 23.4 Å². The molecule has 2 heterocycles. The molecule has 1 aliphatic heterocycles. The smallest absolute Gasteiger partial charge is 0.296 e. The first-order valence-electron chi connectivity index (χ1n) is 8.01. The highest BCUT2D eigenvalue weighted by molar-refractivity contribution is 5.94.